The lowest BCUT2D eigenvalue weighted by atomic mass is 10.8. The average molecular weight is 262 g/mol. The minimum atomic E-state index is -4.84. The Balaban J connectivity index is -0.000000179. The largest absolute Gasteiger partial charge is 0.790 e. The van der Waals surface area contributed by atoms with E-state index in [-0.39, 0.29) is 0 Å². The number of primary amides is 2. The Morgan fingerprint density at radius 2 is 1.50 bits per heavy atom. The van der Waals surface area contributed by atoms with E-state index in [2.05, 4.69) is 27.5 Å². The number of rotatable bonds is 3. The molecule has 16 heavy (non-hydrogen) atoms. The number of urea groups is 2. The molecule has 0 aromatic carbocycles. The summed E-state index contributed by atoms with van der Waals surface area (Å²) in [6, 6.07) is -1.17. The smallest absolute Gasteiger partial charge is 0.409 e. The van der Waals surface area contributed by atoms with Crippen molar-refractivity contribution < 1.29 is 45.0 Å². The van der Waals surface area contributed by atoms with Gasteiger partial charge in [0.05, 0.1) is 21.0 Å². The van der Waals surface area contributed by atoms with Crippen molar-refractivity contribution >= 4 is 19.9 Å². The molecule has 12 heteroatoms. The molecule has 4 amide bonds. The van der Waals surface area contributed by atoms with Gasteiger partial charge in [0, 0.05) is 0 Å². The molecule has 0 aliphatic carbocycles. The van der Waals surface area contributed by atoms with E-state index >= 15 is 0 Å². The van der Waals surface area contributed by atoms with Crippen molar-refractivity contribution in [2.75, 3.05) is 13.2 Å². The Hall–Kier alpha value is -1.07. The number of hydrogen-bond donors (Lipinski definition) is 5. The number of aliphatic hydroxyl groups is 1. The second kappa shape index (κ2) is 12.0. The van der Waals surface area contributed by atoms with Gasteiger partial charge in [-0.3, -0.25) is 11.5 Å². The van der Waals surface area contributed by atoms with Gasteiger partial charge in [0.25, 0.3) is 0 Å². The zero-order chi connectivity index (χ0) is 13.8. The van der Waals surface area contributed by atoms with Crippen LogP contribution in [0.1, 0.15) is 0 Å². The predicted molar refractivity (Wildman–Crippen MR) is 45.6 cm³/mol. The van der Waals surface area contributed by atoms with Gasteiger partial charge in [-0.05, 0) is 0 Å². The zero-order valence-corrected chi connectivity index (χ0v) is 9.22. The van der Waals surface area contributed by atoms with Crippen molar-refractivity contribution in [3.8, 4) is 0 Å². The van der Waals surface area contributed by atoms with Crippen molar-refractivity contribution in [1.29, 1.82) is 0 Å². The van der Waals surface area contributed by atoms with Crippen LogP contribution in [0.4, 0.5) is 9.59 Å². The summed E-state index contributed by atoms with van der Waals surface area (Å²) in [4.78, 5) is 37.3. The first kappa shape index (κ1) is 20.4. The summed E-state index contributed by atoms with van der Waals surface area (Å²) in [6.45, 7) is -0.918. The molecule has 0 fully saturated rings. The van der Waals surface area contributed by atoms with Crippen LogP contribution < -0.4 is 32.7 Å². The minimum Gasteiger partial charge on any atom is -0.790 e. The Morgan fingerprint density at radius 3 is 1.56 bits per heavy atom. The highest BCUT2D eigenvalue weighted by molar-refractivity contribution is 7.43. The summed E-state index contributed by atoms with van der Waals surface area (Å²) in [7, 11) is -4.84. The molecule has 0 unspecified atom stereocenters. The molecule has 98 valence electrons. The molecule has 0 atom stereocenters. The number of carbonyl (C=O) groups is 2. The van der Waals surface area contributed by atoms with Crippen LogP contribution in [0.3, 0.4) is 0 Å². The maximum atomic E-state index is 9.53. The maximum absolute atomic E-state index is 9.53. The van der Waals surface area contributed by atoms with Crippen LogP contribution in [0.15, 0.2) is 0 Å². The SMILES string of the molecule is NC([NH3+])=O.NC([NH3+])=O.O=P([O-])([O-])OCCO. The lowest BCUT2D eigenvalue weighted by Crippen LogP contribution is -2.60. The van der Waals surface area contributed by atoms with Gasteiger partial charge in [-0.25, -0.2) is 9.59 Å². The average Bonchev–Trinajstić information content (AvgIpc) is 1.97. The number of phosphoric ester groups is 1. The van der Waals surface area contributed by atoms with Crippen LogP contribution in [0.25, 0.3) is 0 Å². The number of phosphoric acid groups is 1. The van der Waals surface area contributed by atoms with Gasteiger partial charge < -0.3 is 35.4 Å². The van der Waals surface area contributed by atoms with Crippen LogP contribution in [0, 0.1) is 0 Å². The normalized spacial score (nSPS) is 9.06. The van der Waals surface area contributed by atoms with Crippen molar-refractivity contribution in [2.45, 2.75) is 0 Å². The van der Waals surface area contributed by atoms with E-state index in [1.807, 2.05) is 0 Å². The molecular formula is C4H15N4O7P. The van der Waals surface area contributed by atoms with Gasteiger partial charge >= 0.3 is 12.1 Å². The number of amides is 4. The Labute approximate surface area is 90.6 Å². The van der Waals surface area contributed by atoms with E-state index in [0.29, 0.717) is 0 Å². The molecule has 11 N–H and O–H groups in total. The molecule has 0 saturated heterocycles. The highest BCUT2D eigenvalue weighted by atomic mass is 31.2. The summed E-state index contributed by atoms with van der Waals surface area (Å²) in [5, 5.41) is 7.91. The highest BCUT2D eigenvalue weighted by Crippen LogP contribution is 2.23. The predicted octanol–water partition coefficient (Wildman–Crippen LogP) is -5.56. The number of nitrogens with two attached hydrogens (primary N) is 2. The molecule has 0 aliphatic heterocycles. The molecule has 0 aromatic rings. The fourth-order valence-corrected chi connectivity index (χ4v) is 0.458. The van der Waals surface area contributed by atoms with Gasteiger partial charge in [-0.1, -0.05) is 0 Å². The monoisotopic (exact) mass is 262 g/mol. The number of carbonyl (C=O) groups excluding carboxylic acids is 2. The first-order valence-electron chi connectivity index (χ1n) is 3.53. The van der Waals surface area contributed by atoms with E-state index in [1.165, 1.54) is 0 Å². The van der Waals surface area contributed by atoms with Crippen LogP contribution in [0.2, 0.25) is 0 Å². The summed E-state index contributed by atoms with van der Waals surface area (Å²) < 4.78 is 13.1. The van der Waals surface area contributed by atoms with E-state index < -0.39 is 33.1 Å². The molecular weight excluding hydrogens is 247 g/mol. The summed E-state index contributed by atoms with van der Waals surface area (Å²) >= 11 is 0. The number of hydrogen-bond acceptors (Lipinski definition) is 7. The highest BCUT2D eigenvalue weighted by Gasteiger charge is 1.86. The molecule has 11 nitrogen and oxygen atoms in total. The third kappa shape index (κ3) is 119. The second-order valence-corrected chi connectivity index (χ2v) is 3.09. The minimum absolute atomic E-state index is 0.454. The van der Waals surface area contributed by atoms with Crippen LogP contribution in [-0.4, -0.2) is 30.4 Å². The summed E-state index contributed by atoms with van der Waals surface area (Å²) in [5.41, 5.74) is 14.3. The molecule has 0 bridgehead atoms. The summed E-state index contributed by atoms with van der Waals surface area (Å²) in [6.07, 6.45) is 0. The molecule has 0 heterocycles. The first-order valence-corrected chi connectivity index (χ1v) is 4.99. The van der Waals surface area contributed by atoms with E-state index in [1.54, 1.807) is 0 Å². The molecule has 0 rings (SSSR count). The van der Waals surface area contributed by atoms with Crippen LogP contribution >= 0.6 is 7.82 Å². The quantitative estimate of drug-likeness (QED) is 0.308. The lowest BCUT2D eigenvalue weighted by Gasteiger charge is -2.27. The van der Waals surface area contributed by atoms with Gasteiger partial charge in [-0.15, -0.1) is 0 Å². The molecule has 0 radical (unpaired) electrons. The van der Waals surface area contributed by atoms with Crippen LogP contribution in [-0.2, 0) is 9.09 Å². The van der Waals surface area contributed by atoms with Crippen molar-refractivity contribution in [3.05, 3.63) is 0 Å². The maximum Gasteiger partial charge on any atom is 0.409 e. The van der Waals surface area contributed by atoms with Gasteiger partial charge in [0.2, 0.25) is 0 Å². The molecule has 0 aromatic heterocycles. The summed E-state index contributed by atoms with van der Waals surface area (Å²) in [5.74, 6) is 0. The van der Waals surface area contributed by atoms with Crippen LogP contribution in [0.5, 0.6) is 0 Å². The Morgan fingerprint density at radius 1 is 1.25 bits per heavy atom. The standard InChI is InChI=1S/C2H7O5P.2CH4N2O/c3-1-2-7-8(4,5)6;2*2-1(3)4/h3H,1-2H2,(H2,4,5,6);2*(H4,2,3,4). The third-order valence-electron chi connectivity index (χ3n) is 0.341. The Kier molecular flexibility index (Phi) is 15.3. The molecule has 0 spiro atoms. The fourth-order valence-electron chi connectivity index (χ4n) is 0.153. The number of aliphatic hydroxyl groups excluding tert-OH is 1. The van der Waals surface area contributed by atoms with Crippen molar-refractivity contribution in [1.82, 2.24) is 0 Å². The fraction of sp³-hybridized carbons (Fsp3) is 0.500. The Bertz CT molecular complexity index is 221. The third-order valence-corrected chi connectivity index (χ3v) is 0.839. The van der Waals surface area contributed by atoms with E-state index in [4.69, 9.17) is 14.7 Å². The molecule has 0 saturated carbocycles. The zero-order valence-electron chi connectivity index (χ0n) is 8.33. The first-order chi connectivity index (χ1) is 7.02. The lowest BCUT2D eigenvalue weighted by molar-refractivity contribution is -0.342. The van der Waals surface area contributed by atoms with Crippen molar-refractivity contribution in [3.63, 3.8) is 0 Å². The van der Waals surface area contributed by atoms with Gasteiger partial charge in [0.15, 0.2) is 0 Å². The second-order valence-electron chi connectivity index (χ2n) is 1.94. The van der Waals surface area contributed by atoms with Crippen molar-refractivity contribution in [2.24, 2.45) is 11.5 Å². The molecule has 0 aliphatic rings. The topological polar surface area (TPSA) is 234 Å². The van der Waals surface area contributed by atoms with Gasteiger partial charge in [0.1, 0.15) is 0 Å². The van der Waals surface area contributed by atoms with E-state index in [0.717, 1.165) is 0 Å². The van der Waals surface area contributed by atoms with Gasteiger partial charge in [-0.2, -0.15) is 0 Å². The van der Waals surface area contributed by atoms with E-state index in [9.17, 15) is 14.4 Å². The number of quaternary nitrogens is 2.